The second kappa shape index (κ2) is 14.8. The molecule has 1 amide bonds. The molecular formula is C27H37ClN2O2. The second-order valence-corrected chi connectivity index (χ2v) is 8.26. The number of unbranched alkanes of at least 4 members (excludes halogenated alkanes) is 4. The molecule has 2 N–H and O–H groups in total. The Balaban J connectivity index is 0.00000363. The molecule has 0 unspecified atom stereocenters. The number of hydrogen-bond donors (Lipinski definition) is 1. The van der Waals surface area contributed by atoms with Crippen LogP contribution in [0.1, 0.15) is 50.5 Å². The van der Waals surface area contributed by atoms with Gasteiger partial charge >= 0.3 is 0 Å². The lowest BCUT2D eigenvalue weighted by atomic mass is 10.0. The third kappa shape index (κ3) is 8.42. The van der Waals surface area contributed by atoms with Crippen molar-refractivity contribution >= 4 is 24.4 Å². The summed E-state index contributed by atoms with van der Waals surface area (Å²) >= 11 is 0. The fourth-order valence-electron chi connectivity index (χ4n) is 4.13. The van der Waals surface area contributed by atoms with E-state index in [9.17, 15) is 4.79 Å². The average molecular weight is 457 g/mol. The Morgan fingerprint density at radius 2 is 1.72 bits per heavy atom. The van der Waals surface area contributed by atoms with Crippen LogP contribution in [0.5, 0.6) is 0 Å². The van der Waals surface area contributed by atoms with Gasteiger partial charge in [0, 0.05) is 13.2 Å². The number of carbonyl (C=O) groups is 1. The van der Waals surface area contributed by atoms with E-state index in [4.69, 9.17) is 10.5 Å². The van der Waals surface area contributed by atoms with Gasteiger partial charge < -0.3 is 15.4 Å². The first-order valence-corrected chi connectivity index (χ1v) is 11.7. The predicted molar refractivity (Wildman–Crippen MR) is 136 cm³/mol. The summed E-state index contributed by atoms with van der Waals surface area (Å²) in [6, 6.07) is 19.4. The maximum Gasteiger partial charge on any atom is 0.236 e. The molecule has 32 heavy (non-hydrogen) atoms. The van der Waals surface area contributed by atoms with Crippen molar-refractivity contribution in [3.05, 3.63) is 66.2 Å². The largest absolute Gasteiger partial charge is 0.379 e. The molecule has 1 atom stereocenters. The molecule has 0 bridgehead atoms. The van der Waals surface area contributed by atoms with E-state index in [0.29, 0.717) is 6.61 Å². The van der Waals surface area contributed by atoms with Crippen LogP contribution in [0.15, 0.2) is 60.7 Å². The molecule has 5 heteroatoms. The van der Waals surface area contributed by atoms with E-state index < -0.39 is 0 Å². The Kier molecular flexibility index (Phi) is 12.1. The van der Waals surface area contributed by atoms with E-state index in [-0.39, 0.29) is 30.9 Å². The van der Waals surface area contributed by atoms with E-state index >= 15 is 0 Å². The Bertz CT molecular complexity index is 808. The maximum atomic E-state index is 11.8. The van der Waals surface area contributed by atoms with Crippen molar-refractivity contribution < 1.29 is 9.53 Å². The van der Waals surface area contributed by atoms with E-state index in [1.165, 1.54) is 36.0 Å². The van der Waals surface area contributed by atoms with Crippen LogP contribution in [0.4, 0.5) is 0 Å². The van der Waals surface area contributed by atoms with Gasteiger partial charge in [-0.2, -0.15) is 0 Å². The number of nitrogens with two attached hydrogens (primary N) is 1. The highest BCUT2D eigenvalue weighted by atomic mass is 35.5. The summed E-state index contributed by atoms with van der Waals surface area (Å²) in [7, 11) is 0. The summed E-state index contributed by atoms with van der Waals surface area (Å²) in [6.45, 7) is 2.36. The van der Waals surface area contributed by atoms with Crippen molar-refractivity contribution in [1.82, 2.24) is 4.90 Å². The molecule has 0 aromatic heterocycles. The molecule has 174 valence electrons. The molecule has 0 radical (unpaired) electrons. The van der Waals surface area contributed by atoms with Gasteiger partial charge in [0.05, 0.1) is 19.2 Å². The van der Waals surface area contributed by atoms with Gasteiger partial charge in [-0.1, -0.05) is 79.6 Å². The van der Waals surface area contributed by atoms with Crippen LogP contribution in [-0.2, 0) is 9.53 Å². The molecule has 0 aliphatic carbocycles. The van der Waals surface area contributed by atoms with Crippen LogP contribution >= 0.6 is 12.4 Å². The number of ether oxygens (including phenoxy) is 1. The first-order chi connectivity index (χ1) is 15.3. The molecule has 2 aromatic carbocycles. The number of hydrogen-bond acceptors (Lipinski definition) is 3. The van der Waals surface area contributed by atoms with Crippen molar-refractivity contribution in [2.45, 2.75) is 51.0 Å². The normalized spacial score (nSPS) is 15.8. The minimum atomic E-state index is 0. The van der Waals surface area contributed by atoms with E-state index in [2.05, 4.69) is 60.7 Å². The summed E-state index contributed by atoms with van der Waals surface area (Å²) in [5, 5.41) is 0. The molecule has 3 rings (SSSR count). The van der Waals surface area contributed by atoms with Crippen molar-refractivity contribution in [1.29, 1.82) is 0 Å². The van der Waals surface area contributed by atoms with Crippen LogP contribution in [0, 0.1) is 0 Å². The number of amides is 1. The molecule has 2 aromatic rings. The lowest BCUT2D eigenvalue weighted by Gasteiger charge is -2.24. The number of benzene rings is 2. The quantitative estimate of drug-likeness (QED) is 0.416. The van der Waals surface area contributed by atoms with Gasteiger partial charge in [0.2, 0.25) is 5.91 Å². The van der Waals surface area contributed by atoms with Gasteiger partial charge in [-0.3, -0.25) is 4.79 Å². The number of nitrogens with zero attached hydrogens (tertiary/aromatic N) is 1. The zero-order chi connectivity index (χ0) is 21.7. The molecule has 0 spiro atoms. The Hall–Kier alpha value is -2.14. The average Bonchev–Trinajstić information content (AvgIpc) is 3.29. The van der Waals surface area contributed by atoms with Crippen LogP contribution < -0.4 is 5.73 Å². The van der Waals surface area contributed by atoms with E-state index in [1.807, 2.05) is 11.0 Å². The fraction of sp³-hybridized carbons (Fsp3) is 0.444. The monoisotopic (exact) mass is 456 g/mol. The summed E-state index contributed by atoms with van der Waals surface area (Å²) in [5.41, 5.74) is 9.25. The lowest BCUT2D eigenvalue weighted by molar-refractivity contribution is -0.131. The Labute approximate surface area is 199 Å². The van der Waals surface area contributed by atoms with Gasteiger partial charge in [-0.05, 0) is 48.8 Å². The fourth-order valence-corrected chi connectivity index (χ4v) is 4.13. The molecule has 4 nitrogen and oxygen atoms in total. The number of likely N-dealkylation sites (tertiary alicyclic amines) is 1. The first-order valence-electron chi connectivity index (χ1n) is 11.7. The van der Waals surface area contributed by atoms with Crippen LogP contribution in [-0.4, -0.2) is 43.2 Å². The maximum absolute atomic E-state index is 11.8. The minimum absolute atomic E-state index is 0. The topological polar surface area (TPSA) is 55.6 Å². The van der Waals surface area contributed by atoms with Gasteiger partial charge in [-0.15, -0.1) is 12.4 Å². The van der Waals surface area contributed by atoms with Crippen molar-refractivity contribution in [2.24, 2.45) is 5.73 Å². The third-order valence-electron chi connectivity index (χ3n) is 5.92. The number of allylic oxidation sites excluding steroid dienone is 1. The van der Waals surface area contributed by atoms with Gasteiger partial charge in [0.25, 0.3) is 0 Å². The van der Waals surface area contributed by atoms with Crippen molar-refractivity contribution in [3.63, 3.8) is 0 Å². The molecule has 1 aliphatic heterocycles. The molecule has 0 saturated carbocycles. The second-order valence-electron chi connectivity index (χ2n) is 8.26. The summed E-state index contributed by atoms with van der Waals surface area (Å²) in [5.74, 6) is 0.0475. The summed E-state index contributed by atoms with van der Waals surface area (Å²) in [4.78, 5) is 13.7. The number of carbonyl (C=O) groups excluding carboxylic acids is 1. The highest BCUT2D eigenvalue weighted by molar-refractivity contribution is 5.85. The molecule has 1 aliphatic rings. The standard InChI is InChI=1S/C27H36N2O2.ClH/c28-21-27(30)29-19-10-14-26(29)22-31-20-9-4-2-1-3-6-11-23-15-17-25(18-16-23)24-12-7-5-8-13-24;/h5-8,11-13,15-18,26H,1-4,9-10,14,19-22,28H2;1H/b11-6+;/t26-;/m0./s1. The Morgan fingerprint density at radius 3 is 2.47 bits per heavy atom. The van der Waals surface area contributed by atoms with E-state index in [1.54, 1.807) is 0 Å². The third-order valence-corrected chi connectivity index (χ3v) is 5.92. The van der Waals surface area contributed by atoms with Crippen LogP contribution in [0.2, 0.25) is 0 Å². The van der Waals surface area contributed by atoms with Crippen LogP contribution in [0.25, 0.3) is 17.2 Å². The first kappa shape index (κ1) is 26.1. The number of rotatable bonds is 12. The highest BCUT2D eigenvalue weighted by Crippen LogP contribution is 2.20. The molecule has 1 saturated heterocycles. The molecule has 1 heterocycles. The molecular weight excluding hydrogens is 420 g/mol. The Morgan fingerprint density at radius 1 is 1.00 bits per heavy atom. The van der Waals surface area contributed by atoms with Gasteiger partial charge in [0.15, 0.2) is 0 Å². The van der Waals surface area contributed by atoms with Crippen LogP contribution in [0.3, 0.4) is 0 Å². The SMILES string of the molecule is Cl.NCC(=O)N1CCC[C@H]1COCCCCCC/C=C/c1ccc(-c2ccccc2)cc1. The number of halogens is 1. The predicted octanol–water partition coefficient (Wildman–Crippen LogP) is 5.71. The zero-order valence-electron chi connectivity index (χ0n) is 19.0. The zero-order valence-corrected chi connectivity index (χ0v) is 19.8. The lowest BCUT2D eigenvalue weighted by Crippen LogP contribution is -2.41. The van der Waals surface area contributed by atoms with Gasteiger partial charge in [-0.25, -0.2) is 0 Å². The molecule has 1 fully saturated rings. The van der Waals surface area contributed by atoms with Crippen molar-refractivity contribution in [3.8, 4) is 11.1 Å². The van der Waals surface area contributed by atoms with Crippen molar-refractivity contribution in [2.75, 3.05) is 26.3 Å². The minimum Gasteiger partial charge on any atom is -0.379 e. The smallest absolute Gasteiger partial charge is 0.236 e. The summed E-state index contributed by atoms with van der Waals surface area (Å²) < 4.78 is 5.82. The highest BCUT2D eigenvalue weighted by Gasteiger charge is 2.27. The summed E-state index contributed by atoms with van der Waals surface area (Å²) in [6.07, 6.45) is 12.4. The van der Waals surface area contributed by atoms with E-state index in [0.717, 1.165) is 38.8 Å². The van der Waals surface area contributed by atoms with Gasteiger partial charge in [0.1, 0.15) is 0 Å².